The third kappa shape index (κ3) is 3.43. The highest BCUT2D eigenvalue weighted by Crippen LogP contribution is 2.23. The van der Waals surface area contributed by atoms with E-state index in [-0.39, 0.29) is 17.1 Å². The average molecular weight is 254 g/mol. The van der Waals surface area contributed by atoms with Crippen LogP contribution in [0.1, 0.15) is 20.8 Å². The van der Waals surface area contributed by atoms with Crippen LogP contribution in [0.2, 0.25) is 0 Å². The van der Waals surface area contributed by atoms with E-state index in [0.29, 0.717) is 5.69 Å². The lowest BCUT2D eigenvalue weighted by atomic mass is 9.87. The molecule has 0 radical (unpaired) electrons. The molecule has 1 amide bonds. The maximum absolute atomic E-state index is 13.2. The molecule has 0 fully saturated rings. The number of ether oxygens (including phenoxy) is 1. The van der Waals surface area contributed by atoms with Crippen LogP contribution in [-0.2, 0) is 4.79 Å². The van der Waals surface area contributed by atoms with Crippen molar-refractivity contribution < 1.29 is 13.9 Å². The molecule has 0 aliphatic rings. The molecule has 1 atom stereocenters. The molecule has 1 aromatic rings. The fourth-order valence-corrected chi connectivity index (χ4v) is 1.35. The van der Waals surface area contributed by atoms with Gasteiger partial charge in [-0.3, -0.25) is 4.79 Å². The molecule has 100 valence electrons. The highest BCUT2D eigenvalue weighted by Gasteiger charge is 2.27. The van der Waals surface area contributed by atoms with Gasteiger partial charge in [0.1, 0.15) is 0 Å². The molecule has 0 saturated heterocycles. The number of rotatable bonds is 3. The van der Waals surface area contributed by atoms with Gasteiger partial charge in [0.25, 0.3) is 0 Å². The van der Waals surface area contributed by atoms with E-state index >= 15 is 0 Å². The van der Waals surface area contributed by atoms with Crippen molar-refractivity contribution >= 4 is 11.6 Å². The topological polar surface area (TPSA) is 64.3 Å². The number of benzene rings is 1. The van der Waals surface area contributed by atoms with Gasteiger partial charge in [-0.2, -0.15) is 0 Å². The Kier molecular flexibility index (Phi) is 4.29. The van der Waals surface area contributed by atoms with Crippen LogP contribution in [0.3, 0.4) is 0 Å². The molecule has 0 aliphatic carbocycles. The molecule has 0 saturated carbocycles. The monoisotopic (exact) mass is 254 g/mol. The summed E-state index contributed by atoms with van der Waals surface area (Å²) in [6, 6.07) is 3.47. The number of halogens is 1. The number of hydrogen-bond donors (Lipinski definition) is 2. The second kappa shape index (κ2) is 5.35. The molecule has 0 bridgehead atoms. The molecule has 3 N–H and O–H groups in total. The van der Waals surface area contributed by atoms with Gasteiger partial charge in [-0.25, -0.2) is 4.39 Å². The Morgan fingerprint density at radius 2 is 2.06 bits per heavy atom. The number of amides is 1. The van der Waals surface area contributed by atoms with E-state index in [0.717, 1.165) is 0 Å². The SMILES string of the molecule is COc1cc(NC(=O)[C@@H](N)C(C)(C)C)ccc1F. The fourth-order valence-electron chi connectivity index (χ4n) is 1.35. The molecule has 4 nitrogen and oxygen atoms in total. The molecule has 0 heterocycles. The molecule has 5 heteroatoms. The largest absolute Gasteiger partial charge is 0.494 e. The third-order valence-electron chi connectivity index (χ3n) is 2.63. The van der Waals surface area contributed by atoms with Gasteiger partial charge in [-0.05, 0) is 17.5 Å². The predicted octanol–water partition coefficient (Wildman–Crippen LogP) is 2.15. The standard InChI is InChI=1S/C13H19FN2O2/c1-13(2,3)11(15)12(17)16-8-5-6-9(14)10(7-8)18-4/h5-7,11H,15H2,1-4H3,(H,16,17)/t11-/m1/s1. The number of carbonyl (C=O) groups excluding carboxylic acids is 1. The summed E-state index contributed by atoms with van der Waals surface area (Å²) in [6.45, 7) is 5.63. The quantitative estimate of drug-likeness (QED) is 0.868. The van der Waals surface area contributed by atoms with Crippen LogP contribution in [0.15, 0.2) is 18.2 Å². The zero-order chi connectivity index (χ0) is 13.9. The van der Waals surface area contributed by atoms with Crippen LogP contribution in [0, 0.1) is 11.2 Å². The van der Waals surface area contributed by atoms with Crippen LogP contribution in [0.25, 0.3) is 0 Å². The van der Waals surface area contributed by atoms with Crippen molar-refractivity contribution in [3.8, 4) is 5.75 Å². The Bertz CT molecular complexity index is 441. The molecule has 0 aromatic heterocycles. The van der Waals surface area contributed by atoms with Crippen molar-refractivity contribution in [3.63, 3.8) is 0 Å². The highest BCUT2D eigenvalue weighted by atomic mass is 19.1. The number of methoxy groups -OCH3 is 1. The summed E-state index contributed by atoms with van der Waals surface area (Å²) in [6.07, 6.45) is 0. The first-order valence-electron chi connectivity index (χ1n) is 5.65. The molecule has 0 spiro atoms. The van der Waals surface area contributed by atoms with Crippen LogP contribution in [0.4, 0.5) is 10.1 Å². The van der Waals surface area contributed by atoms with Crippen molar-refractivity contribution in [3.05, 3.63) is 24.0 Å². The van der Waals surface area contributed by atoms with Gasteiger partial charge >= 0.3 is 0 Å². The number of nitrogens with one attached hydrogen (secondary N) is 1. The Hall–Kier alpha value is -1.62. The summed E-state index contributed by atoms with van der Waals surface area (Å²) in [5, 5.41) is 2.64. The maximum atomic E-state index is 13.2. The van der Waals surface area contributed by atoms with E-state index in [1.54, 1.807) is 0 Å². The minimum atomic E-state index is -0.645. The van der Waals surface area contributed by atoms with Crippen molar-refractivity contribution in [1.82, 2.24) is 0 Å². The second-order valence-corrected chi connectivity index (χ2v) is 5.18. The minimum Gasteiger partial charge on any atom is -0.494 e. The van der Waals surface area contributed by atoms with Crippen LogP contribution in [-0.4, -0.2) is 19.1 Å². The zero-order valence-electron chi connectivity index (χ0n) is 11.1. The first-order chi connectivity index (χ1) is 8.25. The van der Waals surface area contributed by atoms with E-state index < -0.39 is 11.9 Å². The van der Waals surface area contributed by atoms with E-state index in [2.05, 4.69) is 5.32 Å². The number of carbonyl (C=O) groups is 1. The molecule has 0 aliphatic heterocycles. The minimum absolute atomic E-state index is 0.0807. The van der Waals surface area contributed by atoms with Crippen LogP contribution < -0.4 is 15.8 Å². The summed E-state index contributed by atoms with van der Waals surface area (Å²) in [5.74, 6) is -0.705. The van der Waals surface area contributed by atoms with Gasteiger partial charge in [-0.15, -0.1) is 0 Å². The van der Waals surface area contributed by atoms with Crippen molar-refractivity contribution in [2.45, 2.75) is 26.8 Å². The molecular formula is C13H19FN2O2. The summed E-state index contributed by atoms with van der Waals surface area (Å²) in [4.78, 5) is 11.9. The first kappa shape index (κ1) is 14.4. The van der Waals surface area contributed by atoms with Gasteiger partial charge in [-0.1, -0.05) is 20.8 Å². The first-order valence-corrected chi connectivity index (χ1v) is 5.65. The maximum Gasteiger partial charge on any atom is 0.241 e. The molecule has 0 unspecified atom stereocenters. The van der Waals surface area contributed by atoms with E-state index in [1.165, 1.54) is 25.3 Å². The lowest BCUT2D eigenvalue weighted by Gasteiger charge is -2.25. The Morgan fingerprint density at radius 1 is 1.44 bits per heavy atom. The average Bonchev–Trinajstić information content (AvgIpc) is 2.29. The third-order valence-corrected chi connectivity index (χ3v) is 2.63. The smallest absolute Gasteiger partial charge is 0.241 e. The molecule has 18 heavy (non-hydrogen) atoms. The normalized spacial score (nSPS) is 13.0. The molecular weight excluding hydrogens is 235 g/mol. The molecule has 1 aromatic carbocycles. The summed E-state index contributed by atoms with van der Waals surface area (Å²) in [7, 11) is 1.37. The lowest BCUT2D eigenvalue weighted by Crippen LogP contribution is -2.45. The van der Waals surface area contributed by atoms with Gasteiger partial charge < -0.3 is 15.8 Å². The molecule has 1 rings (SSSR count). The van der Waals surface area contributed by atoms with Crippen LogP contribution >= 0.6 is 0 Å². The van der Waals surface area contributed by atoms with Gasteiger partial charge in [0.2, 0.25) is 5.91 Å². The second-order valence-electron chi connectivity index (χ2n) is 5.18. The summed E-state index contributed by atoms with van der Waals surface area (Å²) in [5.41, 5.74) is 5.94. The van der Waals surface area contributed by atoms with Crippen molar-refractivity contribution in [2.75, 3.05) is 12.4 Å². The highest BCUT2D eigenvalue weighted by molar-refractivity contribution is 5.95. The van der Waals surface area contributed by atoms with Crippen molar-refractivity contribution in [2.24, 2.45) is 11.1 Å². The van der Waals surface area contributed by atoms with Crippen molar-refractivity contribution in [1.29, 1.82) is 0 Å². The number of anilines is 1. The number of nitrogens with two attached hydrogens (primary N) is 1. The van der Waals surface area contributed by atoms with Gasteiger partial charge in [0, 0.05) is 11.8 Å². The Balaban J connectivity index is 2.82. The predicted molar refractivity (Wildman–Crippen MR) is 69.0 cm³/mol. The van der Waals surface area contributed by atoms with Gasteiger partial charge in [0.15, 0.2) is 11.6 Å². The lowest BCUT2D eigenvalue weighted by molar-refractivity contribution is -0.119. The fraction of sp³-hybridized carbons (Fsp3) is 0.462. The Morgan fingerprint density at radius 3 is 2.56 bits per heavy atom. The van der Waals surface area contributed by atoms with E-state index in [4.69, 9.17) is 10.5 Å². The summed E-state index contributed by atoms with van der Waals surface area (Å²) < 4.78 is 18.0. The zero-order valence-corrected chi connectivity index (χ0v) is 11.1. The Labute approximate surface area is 106 Å². The summed E-state index contributed by atoms with van der Waals surface area (Å²) >= 11 is 0. The van der Waals surface area contributed by atoms with E-state index in [9.17, 15) is 9.18 Å². The van der Waals surface area contributed by atoms with Gasteiger partial charge in [0.05, 0.1) is 13.2 Å². The van der Waals surface area contributed by atoms with Crippen LogP contribution in [0.5, 0.6) is 5.75 Å². The van der Waals surface area contributed by atoms with E-state index in [1.807, 2.05) is 20.8 Å². The number of hydrogen-bond acceptors (Lipinski definition) is 3.